The molecule has 0 radical (unpaired) electrons. The number of nitro benzene ring substituents is 1. The monoisotopic (exact) mass is 669 g/mol. The van der Waals surface area contributed by atoms with E-state index in [1.54, 1.807) is 37.3 Å². The molecule has 3 aromatic carbocycles. The number of piperazine rings is 1. The summed E-state index contributed by atoms with van der Waals surface area (Å²) in [6, 6.07) is 18.3. The second kappa shape index (κ2) is 13.8. The molecule has 6 rings (SSSR count). The Morgan fingerprint density at radius 3 is 2.42 bits per heavy atom. The zero-order valence-corrected chi connectivity index (χ0v) is 27.9. The molecule has 248 valence electrons. The number of benzene rings is 3. The predicted octanol–water partition coefficient (Wildman–Crippen LogP) is 3.61. The molecule has 0 N–H and O–H groups in total. The summed E-state index contributed by atoms with van der Waals surface area (Å²) >= 11 is 1.16. The van der Waals surface area contributed by atoms with E-state index in [9.17, 15) is 19.7 Å². The van der Waals surface area contributed by atoms with Crippen LogP contribution in [0.25, 0.3) is 11.8 Å². The molecule has 1 atom stereocenters. The van der Waals surface area contributed by atoms with E-state index in [1.807, 2.05) is 30.3 Å². The molecule has 3 heterocycles. The highest BCUT2D eigenvalue weighted by Gasteiger charge is 2.36. The molecule has 12 nitrogen and oxygen atoms in total. The largest absolute Gasteiger partial charge is 0.493 e. The minimum atomic E-state index is -0.931. The summed E-state index contributed by atoms with van der Waals surface area (Å²) in [6.07, 6.45) is 1.69. The number of rotatable bonds is 9. The number of fused-ring (bicyclic) bond motifs is 1. The predicted molar refractivity (Wildman–Crippen MR) is 183 cm³/mol. The minimum absolute atomic E-state index is 0.0777. The third-order valence-corrected chi connectivity index (χ3v) is 9.43. The van der Waals surface area contributed by atoms with Gasteiger partial charge in [0, 0.05) is 55.1 Å². The Morgan fingerprint density at radius 1 is 1.02 bits per heavy atom. The number of methoxy groups -OCH3 is 2. The van der Waals surface area contributed by atoms with Crippen molar-refractivity contribution >= 4 is 40.5 Å². The first-order valence-corrected chi connectivity index (χ1v) is 16.3. The summed E-state index contributed by atoms with van der Waals surface area (Å²) in [5.74, 6) is 0.304. The van der Waals surface area contributed by atoms with Crippen LogP contribution >= 0.6 is 11.3 Å². The molecule has 4 aromatic rings. The van der Waals surface area contributed by atoms with E-state index in [-0.39, 0.29) is 17.9 Å². The minimum Gasteiger partial charge on any atom is -0.493 e. The van der Waals surface area contributed by atoms with Crippen LogP contribution in [0.4, 0.5) is 11.4 Å². The zero-order valence-electron chi connectivity index (χ0n) is 27.0. The Labute approximate surface area is 280 Å². The number of nitrogens with zero attached hydrogens (tertiary/aromatic N) is 5. The Bertz CT molecular complexity index is 2080. The number of carbonyl (C=O) groups excluding carboxylic acids is 1. The third-order valence-electron chi connectivity index (χ3n) is 8.45. The molecule has 13 heteroatoms. The second-order valence-corrected chi connectivity index (χ2v) is 12.3. The fraction of sp³-hybridized carbons (Fsp3) is 0.286. The average molecular weight is 670 g/mol. The van der Waals surface area contributed by atoms with Crippen molar-refractivity contribution in [1.29, 1.82) is 0 Å². The highest BCUT2D eigenvalue weighted by molar-refractivity contribution is 7.07. The summed E-state index contributed by atoms with van der Waals surface area (Å²) < 4.78 is 18.4. The third kappa shape index (κ3) is 6.21. The van der Waals surface area contributed by atoms with Crippen molar-refractivity contribution in [2.45, 2.75) is 13.0 Å². The van der Waals surface area contributed by atoms with Gasteiger partial charge in [0.25, 0.3) is 11.2 Å². The highest BCUT2D eigenvalue weighted by Crippen LogP contribution is 2.38. The van der Waals surface area contributed by atoms with Gasteiger partial charge < -0.3 is 24.0 Å². The number of ether oxygens (including phenoxy) is 3. The lowest BCUT2D eigenvalue weighted by Crippen LogP contribution is -2.44. The maximum Gasteiger partial charge on any atom is 0.338 e. The van der Waals surface area contributed by atoms with E-state index < -0.39 is 22.5 Å². The number of likely N-dealkylation sites (N-methyl/N-ethyl adjacent to an activating group) is 1. The van der Waals surface area contributed by atoms with Crippen molar-refractivity contribution < 1.29 is 23.9 Å². The first-order chi connectivity index (χ1) is 23.2. The van der Waals surface area contributed by atoms with E-state index >= 15 is 0 Å². The van der Waals surface area contributed by atoms with E-state index in [0.717, 1.165) is 43.2 Å². The lowest BCUT2D eigenvalue weighted by Gasteiger charge is -2.34. The van der Waals surface area contributed by atoms with Crippen molar-refractivity contribution in [2.24, 2.45) is 4.99 Å². The van der Waals surface area contributed by atoms with Crippen LogP contribution in [-0.2, 0) is 9.53 Å². The number of thiazole rings is 1. The molecule has 1 aromatic heterocycles. The van der Waals surface area contributed by atoms with Gasteiger partial charge in [-0.05, 0) is 43.8 Å². The van der Waals surface area contributed by atoms with E-state index in [4.69, 9.17) is 19.2 Å². The van der Waals surface area contributed by atoms with E-state index in [1.165, 1.54) is 30.9 Å². The number of hydrogen-bond acceptors (Lipinski definition) is 11. The lowest BCUT2D eigenvalue weighted by atomic mass is 9.93. The molecule has 0 saturated carbocycles. The summed E-state index contributed by atoms with van der Waals surface area (Å²) in [4.78, 5) is 49.3. The molecule has 48 heavy (non-hydrogen) atoms. The van der Waals surface area contributed by atoms with Gasteiger partial charge in [0.05, 0.1) is 47.6 Å². The number of non-ortho nitro benzene ring substituents is 1. The second-order valence-electron chi connectivity index (χ2n) is 11.3. The van der Waals surface area contributed by atoms with Crippen LogP contribution in [0.1, 0.15) is 29.7 Å². The standard InChI is InChI=1S/C35H35N5O7S/c1-5-47-34(42)30-31(22-9-7-6-8-10-22)36-35-39(32(30)23-11-14-27(45-3)28(20-23)46-4)33(41)29(48-35)21-24-19-25(40(43)44)12-13-26(24)38-17-15-37(2)16-18-38/h6-14,19-21,32H,5,15-18H2,1-4H3/b29-21-. The van der Waals surface area contributed by atoms with Crippen molar-refractivity contribution in [2.75, 3.05) is 59.0 Å². The van der Waals surface area contributed by atoms with Gasteiger partial charge in [-0.15, -0.1) is 0 Å². The lowest BCUT2D eigenvalue weighted by molar-refractivity contribution is -0.384. The first kappa shape index (κ1) is 32.7. The maximum atomic E-state index is 14.5. The SMILES string of the molecule is CCOC(=O)C1=C(c2ccccc2)N=c2s/c(=C\c3cc([N+](=O)[O-])ccc3N3CCN(C)CC3)c(=O)n2C1c1ccc(OC)c(OC)c1. The van der Waals surface area contributed by atoms with Gasteiger partial charge in [-0.2, -0.15) is 0 Å². The van der Waals surface area contributed by atoms with Crippen LogP contribution < -0.4 is 29.3 Å². The van der Waals surface area contributed by atoms with Crippen LogP contribution in [0.3, 0.4) is 0 Å². The molecule has 0 spiro atoms. The van der Waals surface area contributed by atoms with Crippen LogP contribution in [-0.4, -0.2) is 74.4 Å². The van der Waals surface area contributed by atoms with Crippen molar-refractivity contribution in [3.05, 3.63) is 119 Å². The molecule has 1 saturated heterocycles. The normalized spacial score (nSPS) is 16.7. The van der Waals surface area contributed by atoms with Gasteiger partial charge in [-0.25, -0.2) is 9.79 Å². The van der Waals surface area contributed by atoms with E-state index in [2.05, 4.69) is 16.8 Å². The van der Waals surface area contributed by atoms with Gasteiger partial charge in [0.1, 0.15) is 0 Å². The number of anilines is 1. The summed E-state index contributed by atoms with van der Waals surface area (Å²) in [6.45, 7) is 4.98. The fourth-order valence-corrected chi connectivity index (χ4v) is 7.02. The topological polar surface area (TPSA) is 129 Å². The Morgan fingerprint density at radius 2 is 1.75 bits per heavy atom. The number of carbonyl (C=O) groups is 1. The van der Waals surface area contributed by atoms with Crippen molar-refractivity contribution in [3.8, 4) is 11.5 Å². The molecule has 2 aliphatic rings. The van der Waals surface area contributed by atoms with Crippen molar-refractivity contribution in [3.63, 3.8) is 0 Å². The van der Waals surface area contributed by atoms with Gasteiger partial charge in [0.15, 0.2) is 16.3 Å². The molecule has 0 aliphatic carbocycles. The Hall–Kier alpha value is -5.27. The zero-order chi connectivity index (χ0) is 33.9. The number of nitro groups is 1. The quantitative estimate of drug-likeness (QED) is 0.149. The highest BCUT2D eigenvalue weighted by atomic mass is 32.1. The number of hydrogen-bond donors (Lipinski definition) is 0. The molecule has 1 fully saturated rings. The average Bonchev–Trinajstić information content (AvgIpc) is 3.41. The van der Waals surface area contributed by atoms with Crippen LogP contribution in [0.5, 0.6) is 11.5 Å². The molecule has 0 amide bonds. The van der Waals surface area contributed by atoms with Crippen LogP contribution in [0.15, 0.2) is 82.1 Å². The van der Waals surface area contributed by atoms with Gasteiger partial charge >= 0.3 is 5.97 Å². The summed E-state index contributed by atoms with van der Waals surface area (Å²) in [5.41, 5.74) is 2.72. The summed E-state index contributed by atoms with van der Waals surface area (Å²) in [7, 11) is 5.10. The first-order valence-electron chi connectivity index (χ1n) is 15.5. The molecule has 2 aliphatic heterocycles. The van der Waals surface area contributed by atoms with Gasteiger partial charge in [-0.1, -0.05) is 47.7 Å². The number of esters is 1. The Balaban J connectivity index is 1.62. The van der Waals surface area contributed by atoms with Gasteiger partial charge in [-0.3, -0.25) is 19.5 Å². The van der Waals surface area contributed by atoms with Crippen LogP contribution in [0.2, 0.25) is 0 Å². The molecular weight excluding hydrogens is 634 g/mol. The fourth-order valence-electron chi connectivity index (χ4n) is 6.03. The van der Waals surface area contributed by atoms with Crippen LogP contribution in [0, 0.1) is 10.1 Å². The van der Waals surface area contributed by atoms with Gasteiger partial charge in [0.2, 0.25) is 0 Å². The molecule has 0 bridgehead atoms. The van der Waals surface area contributed by atoms with Crippen molar-refractivity contribution in [1.82, 2.24) is 9.47 Å². The Kier molecular flexibility index (Phi) is 9.42. The summed E-state index contributed by atoms with van der Waals surface area (Å²) in [5, 5.41) is 11.8. The molecular formula is C35H35N5O7S. The molecule has 1 unspecified atom stereocenters. The maximum absolute atomic E-state index is 14.5. The smallest absolute Gasteiger partial charge is 0.338 e. The van der Waals surface area contributed by atoms with E-state index in [0.29, 0.717) is 43.2 Å². The number of aromatic nitrogens is 1.